The number of halogens is 1. The van der Waals surface area contributed by atoms with Crippen LogP contribution in [0.25, 0.3) is 0 Å². The maximum atomic E-state index is 13.2. The van der Waals surface area contributed by atoms with E-state index in [2.05, 4.69) is 10.2 Å². The Labute approximate surface area is 107 Å². The topological polar surface area (TPSA) is 76.7 Å². The van der Waals surface area contributed by atoms with Crippen LogP contribution in [0.4, 0.5) is 10.1 Å². The van der Waals surface area contributed by atoms with Crippen LogP contribution >= 0.6 is 11.8 Å². The highest BCUT2D eigenvalue weighted by molar-refractivity contribution is 7.99. The fraction of sp³-hybridized carbons (Fsp3) is 0.273. The summed E-state index contributed by atoms with van der Waals surface area (Å²) in [6.07, 6.45) is 0.818. The first-order chi connectivity index (χ1) is 8.60. The molecule has 1 aromatic heterocycles. The molecule has 0 unspecified atom stereocenters. The zero-order valence-corrected chi connectivity index (χ0v) is 10.6. The number of H-pyrrole nitrogens is 1. The van der Waals surface area contributed by atoms with Crippen LogP contribution in [0.5, 0.6) is 0 Å². The van der Waals surface area contributed by atoms with Crippen molar-refractivity contribution in [2.24, 2.45) is 0 Å². The van der Waals surface area contributed by atoms with Crippen molar-refractivity contribution in [3.8, 4) is 0 Å². The van der Waals surface area contributed by atoms with Crippen LogP contribution in [0.2, 0.25) is 0 Å². The SMILES string of the molecule is CCCn1c(Sc2cc(N)cc(F)c2)n[nH]c1=O. The first-order valence-corrected chi connectivity index (χ1v) is 6.31. The van der Waals surface area contributed by atoms with E-state index in [0.29, 0.717) is 22.3 Å². The van der Waals surface area contributed by atoms with Gasteiger partial charge in [0.25, 0.3) is 0 Å². The fourth-order valence-corrected chi connectivity index (χ4v) is 2.50. The molecule has 0 saturated carbocycles. The lowest BCUT2D eigenvalue weighted by Gasteiger charge is -2.04. The molecular weight excluding hydrogens is 255 g/mol. The lowest BCUT2D eigenvalue weighted by Crippen LogP contribution is -2.17. The molecule has 0 amide bonds. The second-order valence-electron chi connectivity index (χ2n) is 3.79. The van der Waals surface area contributed by atoms with E-state index >= 15 is 0 Å². The number of nitrogens with one attached hydrogen (secondary N) is 1. The molecule has 0 aliphatic heterocycles. The number of benzene rings is 1. The summed E-state index contributed by atoms with van der Waals surface area (Å²) in [7, 11) is 0. The average molecular weight is 268 g/mol. The number of nitrogen functional groups attached to an aromatic ring is 1. The summed E-state index contributed by atoms with van der Waals surface area (Å²) in [4.78, 5) is 12.1. The van der Waals surface area contributed by atoms with Gasteiger partial charge >= 0.3 is 5.69 Å². The average Bonchev–Trinajstić information content (AvgIpc) is 2.60. The highest BCUT2D eigenvalue weighted by Crippen LogP contribution is 2.27. The van der Waals surface area contributed by atoms with Gasteiger partial charge in [0.15, 0.2) is 5.16 Å². The Kier molecular flexibility index (Phi) is 3.71. The van der Waals surface area contributed by atoms with Gasteiger partial charge in [0.1, 0.15) is 5.82 Å². The van der Waals surface area contributed by atoms with Crippen molar-refractivity contribution in [3.05, 3.63) is 34.5 Å². The van der Waals surface area contributed by atoms with Gasteiger partial charge in [0, 0.05) is 17.1 Å². The lowest BCUT2D eigenvalue weighted by molar-refractivity contribution is 0.603. The van der Waals surface area contributed by atoms with Crippen molar-refractivity contribution < 1.29 is 4.39 Å². The van der Waals surface area contributed by atoms with Crippen LogP contribution in [-0.4, -0.2) is 14.8 Å². The molecule has 5 nitrogen and oxygen atoms in total. The summed E-state index contributed by atoms with van der Waals surface area (Å²) >= 11 is 1.20. The Balaban J connectivity index is 2.31. The van der Waals surface area contributed by atoms with E-state index < -0.39 is 5.82 Å². The smallest absolute Gasteiger partial charge is 0.343 e. The van der Waals surface area contributed by atoms with E-state index in [1.165, 1.54) is 28.5 Å². The first kappa shape index (κ1) is 12.7. The van der Waals surface area contributed by atoms with Crippen LogP contribution in [0.15, 0.2) is 33.0 Å². The molecule has 0 bridgehead atoms. The molecule has 7 heteroatoms. The zero-order chi connectivity index (χ0) is 13.1. The van der Waals surface area contributed by atoms with Crippen molar-refractivity contribution in [2.45, 2.75) is 29.9 Å². The summed E-state index contributed by atoms with van der Waals surface area (Å²) in [6.45, 7) is 2.54. The summed E-state index contributed by atoms with van der Waals surface area (Å²) in [5, 5.41) is 6.80. The molecule has 0 fully saturated rings. The molecule has 18 heavy (non-hydrogen) atoms. The highest BCUT2D eigenvalue weighted by atomic mass is 32.2. The van der Waals surface area contributed by atoms with Gasteiger partial charge in [-0.15, -0.1) is 5.10 Å². The molecule has 96 valence electrons. The van der Waals surface area contributed by atoms with E-state index in [9.17, 15) is 9.18 Å². The monoisotopic (exact) mass is 268 g/mol. The largest absolute Gasteiger partial charge is 0.399 e. The van der Waals surface area contributed by atoms with Gasteiger partial charge in [-0.05, 0) is 36.4 Å². The van der Waals surface area contributed by atoms with E-state index in [-0.39, 0.29) is 5.69 Å². The van der Waals surface area contributed by atoms with Gasteiger partial charge in [-0.2, -0.15) is 0 Å². The van der Waals surface area contributed by atoms with E-state index in [0.717, 1.165) is 6.42 Å². The van der Waals surface area contributed by atoms with Crippen LogP contribution in [0.1, 0.15) is 13.3 Å². The highest BCUT2D eigenvalue weighted by Gasteiger charge is 2.10. The molecule has 2 rings (SSSR count). The minimum atomic E-state index is -0.405. The molecule has 0 saturated heterocycles. The number of hydrogen-bond acceptors (Lipinski definition) is 4. The van der Waals surface area contributed by atoms with Crippen molar-refractivity contribution in [1.29, 1.82) is 0 Å². The number of aromatic amines is 1. The standard InChI is InChI=1S/C11H13FN4OS/c1-2-3-16-10(17)14-15-11(16)18-9-5-7(12)4-8(13)6-9/h4-6H,2-3,13H2,1H3,(H,14,17). The predicted molar refractivity (Wildman–Crippen MR) is 68.1 cm³/mol. The van der Waals surface area contributed by atoms with Gasteiger partial charge in [0.2, 0.25) is 0 Å². The van der Waals surface area contributed by atoms with Crippen LogP contribution in [0.3, 0.4) is 0 Å². The molecule has 3 N–H and O–H groups in total. The molecule has 2 aromatic rings. The van der Waals surface area contributed by atoms with Gasteiger partial charge < -0.3 is 5.73 Å². The number of anilines is 1. The molecule has 0 aliphatic carbocycles. The number of rotatable bonds is 4. The minimum Gasteiger partial charge on any atom is -0.399 e. The number of aromatic nitrogens is 3. The Morgan fingerprint density at radius 2 is 2.28 bits per heavy atom. The Hall–Kier alpha value is -1.76. The summed E-state index contributed by atoms with van der Waals surface area (Å²) < 4.78 is 14.7. The summed E-state index contributed by atoms with van der Waals surface area (Å²) in [5.74, 6) is -0.405. The Morgan fingerprint density at radius 1 is 1.50 bits per heavy atom. The minimum absolute atomic E-state index is 0.260. The number of hydrogen-bond donors (Lipinski definition) is 2. The maximum Gasteiger partial charge on any atom is 0.343 e. The molecule has 0 spiro atoms. The maximum absolute atomic E-state index is 13.2. The Bertz CT molecular complexity index is 587. The Morgan fingerprint density at radius 3 is 2.94 bits per heavy atom. The van der Waals surface area contributed by atoms with Gasteiger partial charge in [-0.3, -0.25) is 4.57 Å². The third-order valence-corrected chi connectivity index (χ3v) is 3.24. The second kappa shape index (κ2) is 5.26. The van der Waals surface area contributed by atoms with Crippen molar-refractivity contribution in [3.63, 3.8) is 0 Å². The number of nitrogens with two attached hydrogens (primary N) is 1. The van der Waals surface area contributed by atoms with Crippen LogP contribution in [-0.2, 0) is 6.54 Å². The second-order valence-corrected chi connectivity index (χ2v) is 4.83. The summed E-state index contributed by atoms with van der Waals surface area (Å²) in [6, 6.07) is 4.24. The number of nitrogens with zero attached hydrogens (tertiary/aromatic N) is 2. The van der Waals surface area contributed by atoms with Crippen LogP contribution < -0.4 is 11.4 Å². The van der Waals surface area contributed by atoms with Crippen molar-refractivity contribution >= 4 is 17.4 Å². The van der Waals surface area contributed by atoms with Crippen LogP contribution in [0, 0.1) is 5.82 Å². The third-order valence-electron chi connectivity index (χ3n) is 2.27. The van der Waals surface area contributed by atoms with Crippen molar-refractivity contribution in [1.82, 2.24) is 14.8 Å². The molecule has 0 aliphatic rings. The molecular formula is C11H13FN4OS. The fourth-order valence-electron chi connectivity index (χ4n) is 1.55. The van der Waals surface area contributed by atoms with Gasteiger partial charge in [-0.1, -0.05) is 6.92 Å². The normalized spacial score (nSPS) is 10.8. The van der Waals surface area contributed by atoms with E-state index in [1.807, 2.05) is 6.92 Å². The molecule has 1 heterocycles. The van der Waals surface area contributed by atoms with Gasteiger partial charge in [0.05, 0.1) is 0 Å². The first-order valence-electron chi connectivity index (χ1n) is 5.49. The predicted octanol–water partition coefficient (Wildman–Crippen LogP) is 1.85. The van der Waals surface area contributed by atoms with E-state index in [4.69, 9.17) is 5.73 Å². The molecule has 0 radical (unpaired) electrons. The van der Waals surface area contributed by atoms with Gasteiger partial charge in [-0.25, -0.2) is 14.3 Å². The van der Waals surface area contributed by atoms with E-state index in [1.54, 1.807) is 6.07 Å². The quantitative estimate of drug-likeness (QED) is 0.830. The zero-order valence-electron chi connectivity index (χ0n) is 9.81. The van der Waals surface area contributed by atoms with Crippen molar-refractivity contribution in [2.75, 3.05) is 5.73 Å². The molecule has 0 atom stereocenters. The lowest BCUT2D eigenvalue weighted by atomic mass is 10.3. The summed E-state index contributed by atoms with van der Waals surface area (Å²) in [5.41, 5.74) is 5.65. The molecule has 1 aromatic carbocycles. The third kappa shape index (κ3) is 2.73.